The molecule has 2 N–H and O–H groups in total. The fraction of sp³-hybridized carbons (Fsp3) is 0.231. The Bertz CT molecular complexity index is 707. The number of nitrogens with two attached hydrogens (primary N) is 1. The third kappa shape index (κ3) is 2.50. The van der Waals surface area contributed by atoms with Gasteiger partial charge in [-0.2, -0.15) is 0 Å². The molecule has 0 saturated carbocycles. The van der Waals surface area contributed by atoms with Gasteiger partial charge in [-0.1, -0.05) is 6.07 Å². The average molecular weight is 277 g/mol. The number of nitrogens with zero attached hydrogens (tertiary/aromatic N) is 2. The van der Waals surface area contributed by atoms with E-state index in [2.05, 4.69) is 10.2 Å². The minimum absolute atomic E-state index is 0.241. The number of hydrogen-bond donors (Lipinski definition) is 1. The highest BCUT2D eigenvalue weighted by Crippen LogP contribution is 2.33. The normalized spacial score (nSPS) is 11.3. The molecular weight excluding hydrogens is 265 g/mol. The third-order valence-corrected chi connectivity index (χ3v) is 3.84. The van der Waals surface area contributed by atoms with Crippen molar-refractivity contribution in [3.63, 3.8) is 0 Å². The number of fused-ring (bicyclic) bond motifs is 1. The molecule has 2 heterocycles. The van der Waals surface area contributed by atoms with Crippen molar-refractivity contribution in [2.45, 2.75) is 12.8 Å². The molecule has 0 aliphatic rings. The summed E-state index contributed by atoms with van der Waals surface area (Å²) in [7, 11) is 0. The molecule has 4 nitrogen and oxygen atoms in total. The second kappa shape index (κ2) is 5.07. The lowest BCUT2D eigenvalue weighted by atomic mass is 10.2. The molecule has 0 bridgehead atoms. The van der Waals surface area contributed by atoms with Gasteiger partial charge in [0.05, 0.1) is 4.88 Å². The van der Waals surface area contributed by atoms with Crippen molar-refractivity contribution in [1.82, 2.24) is 10.2 Å². The third-order valence-electron chi connectivity index (χ3n) is 2.75. The molecule has 0 aliphatic heterocycles. The van der Waals surface area contributed by atoms with E-state index in [4.69, 9.17) is 10.2 Å². The van der Waals surface area contributed by atoms with Crippen LogP contribution in [0.3, 0.4) is 0 Å². The quantitative estimate of drug-likeness (QED) is 0.796. The van der Waals surface area contributed by atoms with Crippen LogP contribution in [0.2, 0.25) is 0 Å². The lowest BCUT2D eigenvalue weighted by Gasteiger charge is -1.89. The van der Waals surface area contributed by atoms with Crippen LogP contribution in [-0.2, 0) is 6.42 Å². The maximum Gasteiger partial charge on any atom is 0.257 e. The van der Waals surface area contributed by atoms with E-state index in [0.717, 1.165) is 21.4 Å². The van der Waals surface area contributed by atoms with E-state index in [-0.39, 0.29) is 5.82 Å². The highest BCUT2D eigenvalue weighted by Gasteiger charge is 2.12. The molecule has 0 atom stereocenters. The van der Waals surface area contributed by atoms with Gasteiger partial charge in [0.15, 0.2) is 0 Å². The monoisotopic (exact) mass is 277 g/mol. The zero-order chi connectivity index (χ0) is 13.2. The molecule has 0 aliphatic carbocycles. The molecule has 3 rings (SSSR count). The molecule has 1 aromatic carbocycles. The molecule has 6 heteroatoms. The van der Waals surface area contributed by atoms with Gasteiger partial charge in [-0.15, -0.1) is 21.5 Å². The van der Waals surface area contributed by atoms with Crippen LogP contribution < -0.4 is 5.73 Å². The molecule has 0 radical (unpaired) electrons. The standard InChI is InChI=1S/C13H12FN3OS/c14-9-4-3-8-6-11(19-10(8)7-9)13-17-16-12(18-13)2-1-5-15/h3-4,6-7H,1-2,5,15H2. The topological polar surface area (TPSA) is 64.9 Å². The Morgan fingerprint density at radius 3 is 3.00 bits per heavy atom. The summed E-state index contributed by atoms with van der Waals surface area (Å²) in [4.78, 5) is 0.854. The van der Waals surface area contributed by atoms with E-state index in [1.54, 1.807) is 6.07 Å². The molecular formula is C13H12FN3OS. The first kappa shape index (κ1) is 12.3. The summed E-state index contributed by atoms with van der Waals surface area (Å²) in [6.07, 6.45) is 1.50. The summed E-state index contributed by atoms with van der Waals surface area (Å²) >= 11 is 1.44. The van der Waals surface area contributed by atoms with Gasteiger partial charge < -0.3 is 10.2 Å². The first-order valence-electron chi connectivity index (χ1n) is 5.98. The zero-order valence-corrected chi connectivity index (χ0v) is 10.9. The van der Waals surface area contributed by atoms with Crippen molar-refractivity contribution >= 4 is 21.4 Å². The fourth-order valence-corrected chi connectivity index (χ4v) is 2.83. The van der Waals surface area contributed by atoms with Crippen molar-refractivity contribution in [1.29, 1.82) is 0 Å². The Hall–Kier alpha value is -1.79. The van der Waals surface area contributed by atoms with Crippen LogP contribution in [0.1, 0.15) is 12.3 Å². The van der Waals surface area contributed by atoms with E-state index in [9.17, 15) is 4.39 Å². The molecule has 98 valence electrons. The molecule has 0 amide bonds. The van der Waals surface area contributed by atoms with Gasteiger partial charge in [0.2, 0.25) is 5.89 Å². The molecule has 2 aromatic heterocycles. The van der Waals surface area contributed by atoms with Crippen LogP contribution in [-0.4, -0.2) is 16.7 Å². The Morgan fingerprint density at radius 1 is 1.26 bits per heavy atom. The second-order valence-electron chi connectivity index (χ2n) is 4.19. The van der Waals surface area contributed by atoms with E-state index in [1.165, 1.54) is 23.5 Å². The first-order chi connectivity index (χ1) is 9.26. The molecule has 0 unspecified atom stereocenters. The van der Waals surface area contributed by atoms with Crippen molar-refractivity contribution in [3.05, 3.63) is 36.0 Å². The maximum atomic E-state index is 13.1. The smallest absolute Gasteiger partial charge is 0.257 e. The molecule has 3 aromatic rings. The largest absolute Gasteiger partial charge is 0.420 e. The number of hydrogen-bond acceptors (Lipinski definition) is 5. The number of aryl methyl sites for hydroxylation is 1. The van der Waals surface area contributed by atoms with Gasteiger partial charge in [-0.3, -0.25) is 0 Å². The highest BCUT2D eigenvalue weighted by atomic mass is 32.1. The SMILES string of the molecule is NCCCc1nnc(-c2cc3ccc(F)cc3s2)o1. The van der Waals surface area contributed by atoms with Crippen molar-refractivity contribution in [3.8, 4) is 10.8 Å². The molecule has 0 spiro atoms. The molecule has 0 fully saturated rings. The lowest BCUT2D eigenvalue weighted by Crippen LogP contribution is -2.00. The van der Waals surface area contributed by atoms with Crippen LogP contribution in [0.25, 0.3) is 20.9 Å². The number of thiophene rings is 1. The van der Waals surface area contributed by atoms with Gasteiger partial charge >= 0.3 is 0 Å². The fourth-order valence-electron chi connectivity index (χ4n) is 1.82. The first-order valence-corrected chi connectivity index (χ1v) is 6.80. The average Bonchev–Trinajstić information content (AvgIpc) is 3.01. The van der Waals surface area contributed by atoms with E-state index in [0.29, 0.717) is 24.7 Å². The number of halogens is 1. The van der Waals surface area contributed by atoms with Gasteiger partial charge in [-0.05, 0) is 36.6 Å². The zero-order valence-electron chi connectivity index (χ0n) is 10.1. The van der Waals surface area contributed by atoms with Crippen LogP contribution in [0.5, 0.6) is 0 Å². The summed E-state index contributed by atoms with van der Waals surface area (Å²) in [6, 6.07) is 6.63. The molecule has 0 saturated heterocycles. The number of benzene rings is 1. The van der Waals surface area contributed by atoms with Crippen LogP contribution in [0, 0.1) is 5.82 Å². The van der Waals surface area contributed by atoms with Gasteiger partial charge in [0.25, 0.3) is 5.89 Å². The highest BCUT2D eigenvalue weighted by molar-refractivity contribution is 7.22. The second-order valence-corrected chi connectivity index (χ2v) is 5.27. The maximum absolute atomic E-state index is 13.1. The van der Waals surface area contributed by atoms with Gasteiger partial charge in [-0.25, -0.2) is 4.39 Å². The van der Waals surface area contributed by atoms with E-state index >= 15 is 0 Å². The van der Waals surface area contributed by atoms with Crippen molar-refractivity contribution in [2.24, 2.45) is 5.73 Å². The van der Waals surface area contributed by atoms with Crippen molar-refractivity contribution < 1.29 is 8.81 Å². The van der Waals surface area contributed by atoms with Crippen LogP contribution in [0.15, 0.2) is 28.7 Å². The van der Waals surface area contributed by atoms with Crippen LogP contribution >= 0.6 is 11.3 Å². The van der Waals surface area contributed by atoms with Crippen LogP contribution in [0.4, 0.5) is 4.39 Å². The van der Waals surface area contributed by atoms with Gasteiger partial charge in [0, 0.05) is 11.1 Å². The Balaban J connectivity index is 1.92. The summed E-state index contributed by atoms with van der Waals surface area (Å²) in [5.41, 5.74) is 5.44. The van der Waals surface area contributed by atoms with E-state index < -0.39 is 0 Å². The van der Waals surface area contributed by atoms with Crippen molar-refractivity contribution in [2.75, 3.05) is 6.54 Å². The lowest BCUT2D eigenvalue weighted by molar-refractivity contribution is 0.500. The number of rotatable bonds is 4. The van der Waals surface area contributed by atoms with E-state index in [1.807, 2.05) is 6.07 Å². The van der Waals surface area contributed by atoms with Gasteiger partial charge in [0.1, 0.15) is 5.82 Å². The predicted octanol–water partition coefficient (Wildman–Crippen LogP) is 2.98. The Labute approximate surface area is 113 Å². The summed E-state index contributed by atoms with van der Waals surface area (Å²) in [6.45, 7) is 0.597. The number of aromatic nitrogens is 2. The predicted molar refractivity (Wildman–Crippen MR) is 72.5 cm³/mol. The summed E-state index contributed by atoms with van der Waals surface area (Å²) in [5.74, 6) is 0.827. The Kier molecular flexibility index (Phi) is 3.27. The minimum Gasteiger partial charge on any atom is -0.420 e. The summed E-state index contributed by atoms with van der Waals surface area (Å²) in [5, 5.41) is 8.97. The Morgan fingerprint density at radius 2 is 2.16 bits per heavy atom. The summed E-state index contributed by atoms with van der Waals surface area (Å²) < 4.78 is 19.6. The minimum atomic E-state index is -0.241. The molecule has 19 heavy (non-hydrogen) atoms.